The third kappa shape index (κ3) is 3.17. The van der Waals surface area contributed by atoms with Crippen molar-refractivity contribution in [3.63, 3.8) is 0 Å². The van der Waals surface area contributed by atoms with Crippen molar-refractivity contribution in [1.29, 1.82) is 0 Å². The van der Waals surface area contributed by atoms with E-state index in [1.165, 1.54) is 0 Å². The van der Waals surface area contributed by atoms with Gasteiger partial charge in [0.25, 0.3) is 0 Å². The molecule has 1 aromatic rings. The van der Waals surface area contributed by atoms with Crippen LogP contribution in [0.2, 0.25) is 0 Å². The number of ether oxygens (including phenoxy) is 3. The van der Waals surface area contributed by atoms with Gasteiger partial charge in [-0.05, 0) is 56.7 Å². The summed E-state index contributed by atoms with van der Waals surface area (Å²) in [5.41, 5.74) is 0.341. The first kappa shape index (κ1) is 22.2. The number of oxime groups is 1. The fourth-order valence-electron chi connectivity index (χ4n) is 7.45. The fraction of sp³-hybridized carbons (Fsp3) is 0.640. The highest BCUT2D eigenvalue weighted by atomic mass is 16.6. The number of hydrogen-bond donors (Lipinski definition) is 1. The van der Waals surface area contributed by atoms with Crippen LogP contribution in [-0.2, 0) is 23.8 Å². The Morgan fingerprint density at radius 3 is 2.45 bits per heavy atom. The van der Waals surface area contributed by atoms with Crippen LogP contribution in [0.1, 0.15) is 46.5 Å². The summed E-state index contributed by atoms with van der Waals surface area (Å²) >= 11 is 0. The second-order valence-corrected chi connectivity index (χ2v) is 10.5. The minimum absolute atomic E-state index is 0.0675. The number of hydrogen-bond acceptors (Lipinski definition) is 8. The summed E-state index contributed by atoms with van der Waals surface area (Å²) in [6, 6.07) is 3.67. The van der Waals surface area contributed by atoms with Gasteiger partial charge in [-0.25, -0.2) is 4.79 Å². The molecule has 3 aliphatic heterocycles. The lowest BCUT2D eigenvalue weighted by Crippen LogP contribution is -2.64. The van der Waals surface area contributed by atoms with Gasteiger partial charge in [-0.1, -0.05) is 12.1 Å². The van der Waals surface area contributed by atoms with Crippen molar-refractivity contribution in [2.24, 2.45) is 33.7 Å². The third-order valence-electron chi connectivity index (χ3n) is 8.80. The zero-order chi connectivity index (χ0) is 23.4. The largest absolute Gasteiger partial charge is 0.473 e. The smallest absolute Gasteiger partial charge is 0.330 e. The van der Waals surface area contributed by atoms with Crippen LogP contribution in [0.3, 0.4) is 0 Å². The molecule has 1 N–H and O–H groups in total. The summed E-state index contributed by atoms with van der Waals surface area (Å²) < 4.78 is 21.9. The van der Waals surface area contributed by atoms with Gasteiger partial charge in [0.15, 0.2) is 0 Å². The summed E-state index contributed by atoms with van der Waals surface area (Å²) in [5.74, 6) is -0.263. The molecule has 6 rings (SSSR count). The Labute approximate surface area is 192 Å². The van der Waals surface area contributed by atoms with Crippen LogP contribution in [0.5, 0.6) is 0 Å². The van der Waals surface area contributed by atoms with E-state index < -0.39 is 11.0 Å². The molecule has 8 heteroatoms. The predicted octanol–water partition coefficient (Wildman–Crippen LogP) is 3.74. The molecule has 0 aromatic carbocycles. The molecule has 2 saturated carbocycles. The number of nitrogens with zero attached hydrogens (tertiary/aromatic N) is 1. The van der Waals surface area contributed by atoms with Crippen LogP contribution in [0.15, 0.2) is 45.9 Å². The standard InChI is InChI=1S/C21H27NO6.C4H4O/c1-19(2)14-7-15(22-25)20(3)12-6-17(23)26-9-11(12)4-5-13(20)21(14)10-27-18(24)8-16(21)28-19;1-2-4-5-3-1/h6,11,13-14,16,25H,4-5,7-10H2,1-3H3;1-4H/b22-15-;. The number of esters is 2. The Morgan fingerprint density at radius 2 is 1.79 bits per heavy atom. The summed E-state index contributed by atoms with van der Waals surface area (Å²) in [7, 11) is 0. The average Bonchev–Trinajstić information content (AvgIpc) is 3.42. The molecule has 5 aliphatic rings. The van der Waals surface area contributed by atoms with Crippen LogP contribution < -0.4 is 0 Å². The van der Waals surface area contributed by atoms with Gasteiger partial charge in [0.05, 0.1) is 43.0 Å². The van der Waals surface area contributed by atoms with Crippen molar-refractivity contribution >= 4 is 17.7 Å². The van der Waals surface area contributed by atoms with Gasteiger partial charge in [-0.15, -0.1) is 0 Å². The monoisotopic (exact) mass is 457 g/mol. The lowest BCUT2D eigenvalue weighted by atomic mass is 9.42. The molecule has 0 amide bonds. The van der Waals surface area contributed by atoms with E-state index in [4.69, 9.17) is 14.2 Å². The van der Waals surface area contributed by atoms with Crippen LogP contribution >= 0.6 is 0 Å². The van der Waals surface area contributed by atoms with Crippen molar-refractivity contribution < 1.29 is 33.4 Å². The van der Waals surface area contributed by atoms with Gasteiger partial charge in [0, 0.05) is 28.7 Å². The topological polar surface area (TPSA) is 108 Å². The van der Waals surface area contributed by atoms with E-state index >= 15 is 0 Å². The first-order valence-electron chi connectivity index (χ1n) is 11.6. The molecule has 4 heterocycles. The van der Waals surface area contributed by atoms with E-state index in [9.17, 15) is 14.8 Å². The first-order chi connectivity index (χ1) is 15.7. The van der Waals surface area contributed by atoms with Gasteiger partial charge in [0.1, 0.15) is 6.61 Å². The lowest BCUT2D eigenvalue weighted by Gasteiger charge is -2.61. The van der Waals surface area contributed by atoms with E-state index in [0.717, 1.165) is 18.4 Å². The molecule has 178 valence electrons. The molecular weight excluding hydrogens is 426 g/mol. The van der Waals surface area contributed by atoms with Gasteiger partial charge in [0.2, 0.25) is 0 Å². The van der Waals surface area contributed by atoms with E-state index in [1.54, 1.807) is 18.6 Å². The molecule has 2 aliphatic carbocycles. The van der Waals surface area contributed by atoms with Gasteiger partial charge in [-0.3, -0.25) is 4.79 Å². The SMILES string of the molecule is CC1(C)OC2CC(=O)OCC23C1C/C(=N/O)C1(C)C2=CC(=O)OCC2CCC13.c1ccoc1. The average molecular weight is 458 g/mol. The fourth-order valence-corrected chi connectivity index (χ4v) is 7.45. The number of carbonyl (C=O) groups excluding carboxylic acids is 2. The highest BCUT2D eigenvalue weighted by Crippen LogP contribution is 2.69. The first-order valence-corrected chi connectivity index (χ1v) is 11.6. The maximum atomic E-state index is 12.1. The quantitative estimate of drug-likeness (QED) is 0.359. The molecule has 1 spiro atoms. The Morgan fingerprint density at radius 1 is 1.03 bits per heavy atom. The number of rotatable bonds is 0. The molecule has 0 radical (unpaired) electrons. The van der Waals surface area contributed by atoms with Crippen molar-refractivity contribution in [1.82, 2.24) is 0 Å². The summed E-state index contributed by atoms with van der Waals surface area (Å²) in [4.78, 5) is 24.2. The second kappa shape index (κ2) is 7.72. The molecule has 6 unspecified atom stereocenters. The van der Waals surface area contributed by atoms with E-state index in [1.807, 2.05) is 12.1 Å². The molecule has 6 atom stereocenters. The summed E-state index contributed by atoms with van der Waals surface area (Å²) in [6.45, 7) is 6.91. The van der Waals surface area contributed by atoms with Gasteiger partial charge < -0.3 is 23.8 Å². The number of fused-ring (bicyclic) bond motifs is 3. The van der Waals surface area contributed by atoms with Crippen molar-refractivity contribution in [2.75, 3.05) is 13.2 Å². The molecule has 8 nitrogen and oxygen atoms in total. The maximum Gasteiger partial charge on any atom is 0.330 e. The van der Waals surface area contributed by atoms with Crippen LogP contribution in [0, 0.1) is 28.6 Å². The minimum atomic E-state index is -0.570. The van der Waals surface area contributed by atoms with E-state index in [-0.39, 0.29) is 47.6 Å². The molecule has 2 saturated heterocycles. The number of cyclic esters (lactones) is 2. The van der Waals surface area contributed by atoms with Crippen molar-refractivity contribution in [2.45, 2.75) is 58.2 Å². The lowest BCUT2D eigenvalue weighted by molar-refractivity contribution is -0.177. The molecular formula is C25H31NO7. The molecule has 0 bridgehead atoms. The Balaban J connectivity index is 0.000000406. The molecule has 33 heavy (non-hydrogen) atoms. The zero-order valence-electron chi connectivity index (χ0n) is 19.3. The third-order valence-corrected chi connectivity index (χ3v) is 8.80. The summed E-state index contributed by atoms with van der Waals surface area (Å²) in [6.07, 6.45) is 7.23. The van der Waals surface area contributed by atoms with Crippen LogP contribution in [0.4, 0.5) is 0 Å². The molecule has 4 fully saturated rings. The van der Waals surface area contributed by atoms with E-state index in [0.29, 0.717) is 25.3 Å². The van der Waals surface area contributed by atoms with E-state index in [2.05, 4.69) is 30.3 Å². The highest BCUT2D eigenvalue weighted by Gasteiger charge is 2.73. The van der Waals surface area contributed by atoms with Crippen LogP contribution in [0.25, 0.3) is 0 Å². The normalized spacial score (nSPS) is 41.8. The maximum absolute atomic E-state index is 12.1. The van der Waals surface area contributed by atoms with Crippen molar-refractivity contribution in [3.05, 3.63) is 36.3 Å². The Bertz CT molecular complexity index is 979. The predicted molar refractivity (Wildman–Crippen MR) is 116 cm³/mol. The Hall–Kier alpha value is -2.61. The highest BCUT2D eigenvalue weighted by molar-refractivity contribution is 5.96. The molecule has 1 aromatic heterocycles. The minimum Gasteiger partial charge on any atom is -0.473 e. The van der Waals surface area contributed by atoms with Crippen LogP contribution in [-0.4, -0.2) is 47.8 Å². The van der Waals surface area contributed by atoms with Crippen molar-refractivity contribution in [3.8, 4) is 0 Å². The number of carbonyl (C=O) groups is 2. The number of furan rings is 1. The second-order valence-electron chi connectivity index (χ2n) is 10.5. The van der Waals surface area contributed by atoms with Gasteiger partial charge in [-0.2, -0.15) is 0 Å². The Kier molecular flexibility index (Phi) is 5.19. The van der Waals surface area contributed by atoms with Gasteiger partial charge >= 0.3 is 11.9 Å². The summed E-state index contributed by atoms with van der Waals surface area (Å²) in [5, 5.41) is 13.8. The zero-order valence-corrected chi connectivity index (χ0v) is 19.3.